The second-order valence-corrected chi connectivity index (χ2v) is 5.17. The van der Waals surface area contributed by atoms with Gasteiger partial charge in [-0.05, 0) is 23.6 Å². The Labute approximate surface area is 118 Å². The Kier molecular flexibility index (Phi) is 3.00. The second-order valence-electron chi connectivity index (χ2n) is 3.87. The molecule has 6 heteroatoms. The van der Waals surface area contributed by atoms with Crippen molar-refractivity contribution in [3.63, 3.8) is 0 Å². The fourth-order valence-electron chi connectivity index (χ4n) is 1.87. The molecule has 3 aromatic rings. The lowest BCUT2D eigenvalue weighted by Crippen LogP contribution is -2.02. The third-order valence-corrected chi connectivity index (χ3v) is 3.90. The molecule has 0 bridgehead atoms. The molecule has 0 N–H and O–H groups in total. The van der Waals surface area contributed by atoms with Crippen molar-refractivity contribution in [2.24, 2.45) is 0 Å². The molecule has 0 aliphatic carbocycles. The predicted molar refractivity (Wildman–Crippen MR) is 74.9 cm³/mol. The number of methoxy groups -OCH3 is 1. The van der Waals surface area contributed by atoms with Crippen LogP contribution in [0.1, 0.15) is 10.4 Å². The molecule has 0 fully saturated rings. The van der Waals surface area contributed by atoms with Crippen LogP contribution >= 0.6 is 22.9 Å². The lowest BCUT2D eigenvalue weighted by molar-refractivity contribution is 0.0600. The molecule has 0 aliphatic heterocycles. The van der Waals surface area contributed by atoms with E-state index in [1.54, 1.807) is 34.1 Å². The molecule has 3 rings (SSSR count). The quantitative estimate of drug-likeness (QED) is 0.679. The number of carbonyl (C=O) groups excluding carboxylic acids is 1. The fraction of sp³-hybridized carbons (Fsp3) is 0.0769. The van der Waals surface area contributed by atoms with Crippen LogP contribution in [0, 0.1) is 0 Å². The van der Waals surface area contributed by atoms with Crippen molar-refractivity contribution in [1.29, 1.82) is 0 Å². The Hall–Kier alpha value is -1.85. The minimum Gasteiger partial charge on any atom is -0.465 e. The number of carbonyl (C=O) groups is 1. The van der Waals surface area contributed by atoms with Crippen molar-refractivity contribution in [2.45, 2.75) is 0 Å². The highest BCUT2D eigenvalue weighted by Gasteiger charge is 2.14. The van der Waals surface area contributed by atoms with Crippen molar-refractivity contribution < 1.29 is 9.53 Å². The molecule has 0 aliphatic rings. The Morgan fingerprint density at radius 3 is 2.95 bits per heavy atom. The van der Waals surface area contributed by atoms with Crippen molar-refractivity contribution in [2.75, 3.05) is 7.11 Å². The summed E-state index contributed by atoms with van der Waals surface area (Å²) in [6, 6.07) is 7.34. The minimum absolute atomic E-state index is 0.385. The number of nitrogens with zero attached hydrogens (tertiary/aromatic N) is 2. The lowest BCUT2D eigenvalue weighted by Gasteiger charge is -2.02. The molecule has 0 radical (unpaired) electrons. The molecule has 0 saturated heterocycles. The molecule has 4 nitrogen and oxygen atoms in total. The number of halogens is 1. The Balaban J connectivity index is 2.25. The van der Waals surface area contributed by atoms with E-state index in [-0.39, 0.29) is 5.97 Å². The standard InChI is InChI=1S/C13H9ClN2O2S/c1-18-13(17)8-4-5-9-11(14)15-12(16(9)7-8)10-3-2-6-19-10/h2-7H,1H3. The van der Waals surface area contributed by atoms with Crippen LogP contribution in [0.5, 0.6) is 0 Å². The average Bonchev–Trinajstić information content (AvgIpc) is 3.06. The summed E-state index contributed by atoms with van der Waals surface area (Å²) in [7, 11) is 1.35. The van der Waals surface area contributed by atoms with E-state index in [4.69, 9.17) is 16.3 Å². The third-order valence-electron chi connectivity index (χ3n) is 2.75. The number of aromatic nitrogens is 2. The molecular formula is C13H9ClN2O2S. The van der Waals surface area contributed by atoms with Gasteiger partial charge in [0.05, 0.1) is 23.1 Å². The molecule has 0 amide bonds. The van der Waals surface area contributed by atoms with Gasteiger partial charge >= 0.3 is 5.97 Å². The lowest BCUT2D eigenvalue weighted by atomic mass is 10.2. The Morgan fingerprint density at radius 2 is 2.26 bits per heavy atom. The van der Waals surface area contributed by atoms with Crippen molar-refractivity contribution in [3.8, 4) is 10.7 Å². The highest BCUT2D eigenvalue weighted by Crippen LogP contribution is 2.29. The molecule has 0 aromatic carbocycles. The van der Waals surface area contributed by atoms with Crippen LogP contribution in [0.15, 0.2) is 35.8 Å². The van der Waals surface area contributed by atoms with Crippen LogP contribution in [-0.2, 0) is 4.74 Å². The SMILES string of the molecule is COC(=O)c1ccc2c(Cl)nc(-c3cccs3)n2c1. The number of hydrogen-bond acceptors (Lipinski definition) is 4. The number of rotatable bonds is 2. The molecule has 19 heavy (non-hydrogen) atoms. The second kappa shape index (κ2) is 4.68. The Bertz CT molecular complexity index is 749. The normalized spacial score (nSPS) is 10.8. The van der Waals surface area contributed by atoms with Crippen molar-refractivity contribution >= 4 is 34.4 Å². The van der Waals surface area contributed by atoms with E-state index < -0.39 is 0 Å². The summed E-state index contributed by atoms with van der Waals surface area (Å²) in [5.74, 6) is 0.338. The van der Waals surface area contributed by atoms with Gasteiger partial charge in [0, 0.05) is 6.20 Å². The molecule has 0 saturated carbocycles. The van der Waals surface area contributed by atoms with Gasteiger partial charge in [-0.2, -0.15) is 0 Å². The maximum atomic E-state index is 11.6. The maximum Gasteiger partial charge on any atom is 0.339 e. The molecular weight excluding hydrogens is 284 g/mol. The highest BCUT2D eigenvalue weighted by atomic mass is 35.5. The highest BCUT2D eigenvalue weighted by molar-refractivity contribution is 7.13. The zero-order valence-electron chi connectivity index (χ0n) is 9.96. The molecule has 0 atom stereocenters. The number of fused-ring (bicyclic) bond motifs is 1. The van der Waals surface area contributed by atoms with Crippen LogP contribution in [0.3, 0.4) is 0 Å². The average molecular weight is 293 g/mol. The van der Waals surface area contributed by atoms with E-state index in [2.05, 4.69) is 4.98 Å². The molecule has 0 spiro atoms. The predicted octanol–water partition coefficient (Wildman–Crippen LogP) is 3.50. The third kappa shape index (κ3) is 2.01. The summed E-state index contributed by atoms with van der Waals surface area (Å²) in [5, 5.41) is 2.38. The van der Waals surface area contributed by atoms with Crippen LogP contribution in [0.4, 0.5) is 0 Å². The van der Waals surface area contributed by atoms with E-state index in [0.29, 0.717) is 10.7 Å². The van der Waals surface area contributed by atoms with Crippen molar-refractivity contribution in [3.05, 3.63) is 46.6 Å². The van der Waals surface area contributed by atoms with Gasteiger partial charge in [0.2, 0.25) is 0 Å². The van der Waals surface area contributed by atoms with Gasteiger partial charge in [0.1, 0.15) is 0 Å². The first-order valence-electron chi connectivity index (χ1n) is 5.50. The molecule has 96 valence electrons. The number of hydrogen-bond donors (Lipinski definition) is 0. The first-order chi connectivity index (χ1) is 9.20. The number of esters is 1. The van der Waals surface area contributed by atoms with Crippen molar-refractivity contribution in [1.82, 2.24) is 9.38 Å². The van der Waals surface area contributed by atoms with Crippen LogP contribution in [0.25, 0.3) is 16.2 Å². The van der Waals surface area contributed by atoms with Gasteiger partial charge < -0.3 is 4.74 Å². The first kappa shape index (κ1) is 12.2. The van der Waals surface area contributed by atoms with Gasteiger partial charge in [0.25, 0.3) is 0 Å². The summed E-state index contributed by atoms with van der Waals surface area (Å²) in [4.78, 5) is 16.9. The summed E-state index contributed by atoms with van der Waals surface area (Å²) in [6.07, 6.45) is 1.69. The van der Waals surface area contributed by atoms with E-state index in [0.717, 1.165) is 16.2 Å². The minimum atomic E-state index is -0.385. The number of ether oxygens (including phenoxy) is 1. The van der Waals surface area contributed by atoms with E-state index >= 15 is 0 Å². The van der Waals surface area contributed by atoms with E-state index in [1.807, 2.05) is 17.5 Å². The number of thiophene rings is 1. The summed E-state index contributed by atoms with van der Waals surface area (Å²) in [5.41, 5.74) is 1.22. The first-order valence-corrected chi connectivity index (χ1v) is 6.76. The number of pyridine rings is 1. The maximum absolute atomic E-state index is 11.6. The van der Waals surface area contributed by atoms with Gasteiger partial charge in [-0.1, -0.05) is 17.7 Å². The largest absolute Gasteiger partial charge is 0.465 e. The molecule has 3 heterocycles. The summed E-state index contributed by atoms with van der Waals surface area (Å²) in [6.45, 7) is 0. The van der Waals surface area contributed by atoms with Crippen LogP contribution in [0.2, 0.25) is 5.15 Å². The van der Waals surface area contributed by atoms with Gasteiger partial charge in [-0.25, -0.2) is 9.78 Å². The zero-order valence-corrected chi connectivity index (χ0v) is 11.5. The zero-order chi connectivity index (χ0) is 13.4. The molecule has 0 unspecified atom stereocenters. The van der Waals surface area contributed by atoms with Crippen LogP contribution in [-0.4, -0.2) is 22.5 Å². The summed E-state index contributed by atoms with van der Waals surface area (Å²) < 4.78 is 6.53. The van der Waals surface area contributed by atoms with E-state index in [1.165, 1.54) is 7.11 Å². The monoisotopic (exact) mass is 292 g/mol. The molecule has 3 aromatic heterocycles. The Morgan fingerprint density at radius 1 is 1.42 bits per heavy atom. The number of imidazole rings is 1. The topological polar surface area (TPSA) is 43.6 Å². The van der Waals surface area contributed by atoms with Gasteiger partial charge in [-0.15, -0.1) is 11.3 Å². The van der Waals surface area contributed by atoms with Gasteiger partial charge in [0.15, 0.2) is 11.0 Å². The van der Waals surface area contributed by atoms with E-state index in [9.17, 15) is 4.79 Å². The summed E-state index contributed by atoms with van der Waals surface area (Å²) >= 11 is 7.68. The van der Waals surface area contributed by atoms with Crippen LogP contribution < -0.4 is 0 Å². The fourth-order valence-corrected chi connectivity index (χ4v) is 2.81. The smallest absolute Gasteiger partial charge is 0.339 e. The van der Waals surface area contributed by atoms with Gasteiger partial charge in [-0.3, -0.25) is 4.40 Å².